The van der Waals surface area contributed by atoms with E-state index in [0.717, 1.165) is 24.4 Å². The second-order valence-electron chi connectivity index (χ2n) is 5.62. The zero-order valence-electron chi connectivity index (χ0n) is 12.9. The Bertz CT molecular complexity index is 418. The molecule has 2 rings (SSSR count). The van der Waals surface area contributed by atoms with E-state index in [4.69, 9.17) is 0 Å². The molecule has 1 amide bonds. The van der Waals surface area contributed by atoms with E-state index in [0.29, 0.717) is 0 Å². The predicted molar refractivity (Wildman–Crippen MR) is 89.7 cm³/mol. The normalized spacial score (nSPS) is 17.4. The van der Waals surface area contributed by atoms with Crippen LogP contribution < -0.4 is 5.32 Å². The first-order valence-electron chi connectivity index (χ1n) is 7.97. The van der Waals surface area contributed by atoms with Crippen LogP contribution in [0.25, 0.3) is 0 Å². The lowest BCUT2D eigenvalue weighted by atomic mass is 10.1. The maximum atomic E-state index is 12.1. The highest BCUT2D eigenvalue weighted by Crippen LogP contribution is 2.22. The Morgan fingerprint density at radius 3 is 2.67 bits per heavy atom. The van der Waals surface area contributed by atoms with Gasteiger partial charge in [0.1, 0.15) is 0 Å². The third-order valence-corrected chi connectivity index (χ3v) is 4.94. The smallest absolute Gasteiger partial charge is 0.233 e. The zero-order valence-corrected chi connectivity index (χ0v) is 13.7. The fraction of sp³-hybridized carbons (Fsp3) is 0.588. The van der Waals surface area contributed by atoms with Gasteiger partial charge < -0.3 is 10.2 Å². The molecular weight excluding hydrogens is 280 g/mol. The van der Waals surface area contributed by atoms with Crippen LogP contribution in [0.4, 0.5) is 0 Å². The number of nitrogens with zero attached hydrogens (tertiary/aromatic N) is 1. The van der Waals surface area contributed by atoms with Crippen molar-refractivity contribution in [1.29, 1.82) is 0 Å². The van der Waals surface area contributed by atoms with E-state index in [1.807, 2.05) is 37.3 Å². The van der Waals surface area contributed by atoms with Gasteiger partial charge in [0.15, 0.2) is 0 Å². The SMILES string of the molecule is CC(Sc1ccccc1)C(=O)NCCCN1CCCCC1. The number of amides is 1. The van der Waals surface area contributed by atoms with Gasteiger partial charge in [-0.25, -0.2) is 0 Å². The van der Waals surface area contributed by atoms with Crippen LogP contribution in [-0.4, -0.2) is 42.2 Å². The van der Waals surface area contributed by atoms with Gasteiger partial charge in [-0.3, -0.25) is 4.79 Å². The molecule has 0 aliphatic carbocycles. The fourth-order valence-electron chi connectivity index (χ4n) is 2.60. The number of carbonyl (C=O) groups excluding carboxylic acids is 1. The van der Waals surface area contributed by atoms with Gasteiger partial charge in [-0.1, -0.05) is 24.6 Å². The van der Waals surface area contributed by atoms with Crippen molar-refractivity contribution in [2.45, 2.75) is 42.8 Å². The molecule has 0 saturated carbocycles. The summed E-state index contributed by atoms with van der Waals surface area (Å²) in [5, 5.41) is 3.02. The highest BCUT2D eigenvalue weighted by atomic mass is 32.2. The highest BCUT2D eigenvalue weighted by molar-refractivity contribution is 8.00. The van der Waals surface area contributed by atoms with Gasteiger partial charge in [0.05, 0.1) is 5.25 Å². The first kappa shape index (κ1) is 16.4. The molecule has 1 aromatic rings. The van der Waals surface area contributed by atoms with Crippen LogP contribution in [0, 0.1) is 0 Å². The number of hydrogen-bond donors (Lipinski definition) is 1. The average Bonchev–Trinajstić information content (AvgIpc) is 2.53. The van der Waals surface area contributed by atoms with Crippen LogP contribution in [-0.2, 0) is 4.79 Å². The van der Waals surface area contributed by atoms with Crippen LogP contribution in [0.3, 0.4) is 0 Å². The van der Waals surface area contributed by atoms with Crippen LogP contribution in [0.2, 0.25) is 0 Å². The maximum absolute atomic E-state index is 12.1. The molecule has 1 atom stereocenters. The number of likely N-dealkylation sites (tertiary alicyclic amines) is 1. The number of hydrogen-bond acceptors (Lipinski definition) is 3. The minimum Gasteiger partial charge on any atom is -0.355 e. The van der Waals surface area contributed by atoms with Gasteiger partial charge >= 0.3 is 0 Å². The zero-order chi connectivity index (χ0) is 14.9. The van der Waals surface area contributed by atoms with Crippen molar-refractivity contribution in [3.05, 3.63) is 30.3 Å². The summed E-state index contributed by atoms with van der Waals surface area (Å²) in [6.45, 7) is 6.33. The summed E-state index contributed by atoms with van der Waals surface area (Å²) in [4.78, 5) is 15.7. The largest absolute Gasteiger partial charge is 0.355 e. The molecule has 1 aromatic carbocycles. The standard InChI is InChI=1S/C17H26N2OS/c1-15(21-16-9-4-2-5-10-16)17(20)18-11-8-14-19-12-6-3-7-13-19/h2,4-5,9-10,15H,3,6-8,11-14H2,1H3,(H,18,20). The van der Waals surface area contributed by atoms with Crippen LogP contribution in [0.5, 0.6) is 0 Å². The number of benzene rings is 1. The van der Waals surface area contributed by atoms with Crippen molar-refractivity contribution in [3.8, 4) is 0 Å². The topological polar surface area (TPSA) is 32.3 Å². The molecule has 1 heterocycles. The van der Waals surface area contributed by atoms with Gasteiger partial charge in [-0.2, -0.15) is 0 Å². The Hall–Kier alpha value is -1.00. The molecule has 4 heteroatoms. The molecule has 1 fully saturated rings. The van der Waals surface area contributed by atoms with Crippen molar-refractivity contribution < 1.29 is 4.79 Å². The lowest BCUT2D eigenvalue weighted by Gasteiger charge is -2.26. The van der Waals surface area contributed by atoms with Crippen LogP contribution >= 0.6 is 11.8 Å². The Balaban J connectivity index is 1.60. The monoisotopic (exact) mass is 306 g/mol. The van der Waals surface area contributed by atoms with Gasteiger partial charge in [0.2, 0.25) is 5.91 Å². The van der Waals surface area contributed by atoms with E-state index in [1.54, 1.807) is 11.8 Å². The summed E-state index contributed by atoms with van der Waals surface area (Å²) in [5.41, 5.74) is 0. The lowest BCUT2D eigenvalue weighted by molar-refractivity contribution is -0.120. The third-order valence-electron chi connectivity index (χ3n) is 3.82. The van der Waals surface area contributed by atoms with E-state index in [2.05, 4.69) is 10.2 Å². The molecule has 1 unspecified atom stereocenters. The Morgan fingerprint density at radius 1 is 1.24 bits per heavy atom. The van der Waals surface area contributed by atoms with Crippen molar-refractivity contribution >= 4 is 17.7 Å². The average molecular weight is 306 g/mol. The van der Waals surface area contributed by atoms with Crippen LogP contribution in [0.15, 0.2) is 35.2 Å². The minimum atomic E-state index is -0.0395. The number of carbonyl (C=O) groups is 1. The summed E-state index contributed by atoms with van der Waals surface area (Å²) in [7, 11) is 0. The molecule has 0 aromatic heterocycles. The second-order valence-corrected chi connectivity index (χ2v) is 7.03. The molecule has 3 nitrogen and oxygen atoms in total. The van der Waals surface area contributed by atoms with Crippen LogP contribution in [0.1, 0.15) is 32.6 Å². The van der Waals surface area contributed by atoms with Crippen molar-refractivity contribution in [3.63, 3.8) is 0 Å². The minimum absolute atomic E-state index is 0.0395. The quantitative estimate of drug-likeness (QED) is 0.620. The molecule has 116 valence electrons. The number of thioether (sulfide) groups is 1. The van der Waals surface area contributed by atoms with Crippen molar-refractivity contribution in [2.75, 3.05) is 26.2 Å². The van der Waals surface area contributed by atoms with Gasteiger partial charge in [-0.05, 0) is 58.0 Å². The van der Waals surface area contributed by atoms with E-state index in [1.165, 1.54) is 32.4 Å². The summed E-state index contributed by atoms with van der Waals surface area (Å²) in [6.07, 6.45) is 5.09. The van der Waals surface area contributed by atoms with Gasteiger partial charge in [0, 0.05) is 11.4 Å². The molecule has 1 aliphatic rings. The molecule has 1 N–H and O–H groups in total. The third kappa shape index (κ3) is 6.10. The molecule has 0 spiro atoms. The molecule has 1 aliphatic heterocycles. The van der Waals surface area contributed by atoms with Crippen molar-refractivity contribution in [2.24, 2.45) is 0 Å². The number of piperidine rings is 1. The van der Waals surface area contributed by atoms with E-state index < -0.39 is 0 Å². The van der Waals surface area contributed by atoms with E-state index in [9.17, 15) is 4.79 Å². The number of rotatable bonds is 7. The first-order chi connectivity index (χ1) is 10.3. The second kappa shape index (κ2) is 9.11. The Labute approximate surface area is 132 Å². The Morgan fingerprint density at radius 2 is 1.95 bits per heavy atom. The molecule has 1 saturated heterocycles. The molecule has 21 heavy (non-hydrogen) atoms. The highest BCUT2D eigenvalue weighted by Gasteiger charge is 2.14. The molecule has 0 radical (unpaired) electrons. The summed E-state index contributed by atoms with van der Waals surface area (Å²) >= 11 is 1.62. The van der Waals surface area contributed by atoms with Gasteiger partial charge in [-0.15, -0.1) is 11.8 Å². The Kier molecular flexibility index (Phi) is 7.10. The first-order valence-corrected chi connectivity index (χ1v) is 8.85. The van der Waals surface area contributed by atoms with Crippen molar-refractivity contribution in [1.82, 2.24) is 10.2 Å². The molecule has 0 bridgehead atoms. The van der Waals surface area contributed by atoms with E-state index in [-0.39, 0.29) is 11.2 Å². The predicted octanol–water partition coefficient (Wildman–Crippen LogP) is 3.16. The molecular formula is C17H26N2OS. The summed E-state index contributed by atoms with van der Waals surface area (Å²) in [5.74, 6) is 0.141. The van der Waals surface area contributed by atoms with E-state index >= 15 is 0 Å². The number of nitrogens with one attached hydrogen (secondary N) is 1. The fourth-order valence-corrected chi connectivity index (χ4v) is 3.51. The van der Waals surface area contributed by atoms with Gasteiger partial charge in [0.25, 0.3) is 0 Å². The summed E-state index contributed by atoms with van der Waals surface area (Å²) in [6, 6.07) is 10.1. The maximum Gasteiger partial charge on any atom is 0.233 e. The summed E-state index contributed by atoms with van der Waals surface area (Å²) < 4.78 is 0. The lowest BCUT2D eigenvalue weighted by Crippen LogP contribution is -2.35.